The minimum Gasteiger partial charge on any atom is -0.376 e. The van der Waals surface area contributed by atoms with Crippen molar-refractivity contribution in [1.29, 1.82) is 0 Å². The van der Waals surface area contributed by atoms with Gasteiger partial charge < -0.3 is 9.64 Å². The number of rotatable bonds is 4. The highest BCUT2D eigenvalue weighted by atomic mass is 16.5. The van der Waals surface area contributed by atoms with Crippen molar-refractivity contribution in [2.75, 3.05) is 13.2 Å². The maximum atomic E-state index is 12.8. The Morgan fingerprint density at radius 3 is 3.04 bits per heavy atom. The van der Waals surface area contributed by atoms with Crippen molar-refractivity contribution < 1.29 is 9.53 Å². The normalized spacial score (nSPS) is 20.0. The Kier molecular flexibility index (Phi) is 5.25. The quantitative estimate of drug-likeness (QED) is 0.832. The molecule has 0 radical (unpaired) electrons. The zero-order valence-electron chi connectivity index (χ0n) is 16.2. The van der Waals surface area contributed by atoms with E-state index in [9.17, 15) is 4.79 Å². The molecule has 2 aliphatic heterocycles. The van der Waals surface area contributed by atoms with Crippen LogP contribution in [0.3, 0.4) is 0 Å². The lowest BCUT2D eigenvalue weighted by molar-refractivity contribution is -0.138. The van der Waals surface area contributed by atoms with Crippen LogP contribution in [0.4, 0.5) is 0 Å². The van der Waals surface area contributed by atoms with E-state index in [0.717, 1.165) is 50.1 Å². The number of hydrogen-bond acceptors (Lipinski definition) is 4. The molecular formula is C21H28N4O2. The molecule has 0 saturated carbocycles. The van der Waals surface area contributed by atoms with E-state index in [2.05, 4.69) is 20.6 Å². The number of nitrogens with zero attached hydrogens (tertiary/aromatic N) is 4. The highest BCUT2D eigenvalue weighted by molar-refractivity contribution is 5.78. The summed E-state index contributed by atoms with van der Waals surface area (Å²) >= 11 is 0. The van der Waals surface area contributed by atoms with Gasteiger partial charge in [0.2, 0.25) is 5.91 Å². The summed E-state index contributed by atoms with van der Waals surface area (Å²) in [6, 6.07) is 4.11. The molecule has 0 N–H and O–H groups in total. The first-order valence-corrected chi connectivity index (χ1v) is 10.0. The Labute approximate surface area is 160 Å². The molecule has 4 heterocycles. The summed E-state index contributed by atoms with van der Waals surface area (Å²) in [5, 5.41) is 5.02. The van der Waals surface area contributed by atoms with Gasteiger partial charge in [-0.2, -0.15) is 5.10 Å². The lowest BCUT2D eigenvalue weighted by atomic mass is 9.94. The van der Waals surface area contributed by atoms with Gasteiger partial charge in [-0.15, -0.1) is 0 Å². The van der Waals surface area contributed by atoms with Crippen LogP contribution in [0.1, 0.15) is 61.7 Å². The minimum absolute atomic E-state index is 0.00940. The fourth-order valence-corrected chi connectivity index (χ4v) is 4.21. The second kappa shape index (κ2) is 7.80. The second-order valence-corrected chi connectivity index (χ2v) is 7.83. The van der Waals surface area contributed by atoms with Gasteiger partial charge in [0.05, 0.1) is 31.5 Å². The van der Waals surface area contributed by atoms with Crippen LogP contribution in [-0.4, -0.2) is 38.7 Å². The van der Waals surface area contributed by atoms with Gasteiger partial charge >= 0.3 is 0 Å². The van der Waals surface area contributed by atoms with Crippen molar-refractivity contribution in [3.8, 4) is 0 Å². The SMILES string of the molecule is CC(C)C(=O)N1CCCCC1c1nn(Cc2cccnc2)c2c1COCC2. The van der Waals surface area contributed by atoms with Crippen LogP contribution in [0.5, 0.6) is 0 Å². The van der Waals surface area contributed by atoms with Crippen molar-refractivity contribution in [3.05, 3.63) is 47.0 Å². The predicted octanol–water partition coefficient (Wildman–Crippen LogP) is 3.11. The highest BCUT2D eigenvalue weighted by Gasteiger charge is 2.34. The van der Waals surface area contributed by atoms with E-state index in [1.54, 1.807) is 6.20 Å². The molecule has 2 aromatic rings. The fraction of sp³-hybridized carbons (Fsp3) is 0.571. The van der Waals surface area contributed by atoms with Crippen LogP contribution in [0, 0.1) is 5.92 Å². The number of amides is 1. The van der Waals surface area contributed by atoms with Gasteiger partial charge in [-0.05, 0) is 30.9 Å². The van der Waals surface area contributed by atoms with Crippen LogP contribution >= 0.6 is 0 Å². The third kappa shape index (κ3) is 3.63. The number of carbonyl (C=O) groups is 1. The molecule has 1 amide bonds. The summed E-state index contributed by atoms with van der Waals surface area (Å²) in [4.78, 5) is 19.1. The molecular weight excluding hydrogens is 340 g/mol. The Hall–Kier alpha value is -2.21. The summed E-state index contributed by atoms with van der Waals surface area (Å²) in [6.45, 7) is 6.82. The van der Waals surface area contributed by atoms with E-state index in [4.69, 9.17) is 9.84 Å². The van der Waals surface area contributed by atoms with Gasteiger partial charge in [0.1, 0.15) is 0 Å². The largest absolute Gasteiger partial charge is 0.376 e. The number of pyridine rings is 1. The van der Waals surface area contributed by atoms with E-state index in [1.807, 2.05) is 26.1 Å². The van der Waals surface area contributed by atoms with E-state index >= 15 is 0 Å². The van der Waals surface area contributed by atoms with E-state index in [0.29, 0.717) is 13.2 Å². The maximum absolute atomic E-state index is 12.8. The van der Waals surface area contributed by atoms with E-state index < -0.39 is 0 Å². The van der Waals surface area contributed by atoms with Gasteiger partial charge in [-0.25, -0.2) is 0 Å². The standard InChI is InChI=1S/C21H28N4O2/c1-15(2)21(26)24-10-4-3-7-19(24)20-17-14-27-11-8-18(17)25(23-20)13-16-6-5-9-22-12-16/h5-6,9,12,15,19H,3-4,7-8,10-11,13-14H2,1-2H3. The van der Waals surface area contributed by atoms with Crippen molar-refractivity contribution in [3.63, 3.8) is 0 Å². The first-order valence-electron chi connectivity index (χ1n) is 10.0. The fourth-order valence-electron chi connectivity index (χ4n) is 4.21. The monoisotopic (exact) mass is 368 g/mol. The molecule has 1 atom stereocenters. The first kappa shape index (κ1) is 18.2. The zero-order valence-corrected chi connectivity index (χ0v) is 16.2. The van der Waals surface area contributed by atoms with Crippen LogP contribution in [0.2, 0.25) is 0 Å². The number of carbonyl (C=O) groups excluding carboxylic acids is 1. The molecule has 0 spiro atoms. The third-order valence-electron chi connectivity index (χ3n) is 5.58. The zero-order chi connectivity index (χ0) is 18.8. The van der Waals surface area contributed by atoms with Crippen LogP contribution in [-0.2, 0) is 29.1 Å². The number of ether oxygens (including phenoxy) is 1. The Morgan fingerprint density at radius 1 is 1.37 bits per heavy atom. The van der Waals surface area contributed by atoms with Gasteiger partial charge in [0, 0.05) is 42.5 Å². The van der Waals surface area contributed by atoms with Gasteiger partial charge in [-0.1, -0.05) is 19.9 Å². The van der Waals surface area contributed by atoms with Gasteiger partial charge in [0.15, 0.2) is 0 Å². The molecule has 27 heavy (non-hydrogen) atoms. The van der Waals surface area contributed by atoms with Gasteiger partial charge in [-0.3, -0.25) is 14.5 Å². The Morgan fingerprint density at radius 2 is 2.26 bits per heavy atom. The molecule has 1 saturated heterocycles. The molecule has 4 rings (SSSR count). The first-order chi connectivity index (χ1) is 13.1. The second-order valence-electron chi connectivity index (χ2n) is 7.83. The third-order valence-corrected chi connectivity index (χ3v) is 5.58. The molecule has 0 aliphatic carbocycles. The lowest BCUT2D eigenvalue weighted by Gasteiger charge is -2.36. The summed E-state index contributed by atoms with van der Waals surface area (Å²) in [7, 11) is 0. The molecule has 2 aliphatic rings. The van der Waals surface area contributed by atoms with Crippen molar-refractivity contribution in [2.24, 2.45) is 5.92 Å². The molecule has 1 fully saturated rings. The topological polar surface area (TPSA) is 60.2 Å². The van der Waals surface area contributed by atoms with Gasteiger partial charge in [0.25, 0.3) is 0 Å². The number of piperidine rings is 1. The minimum atomic E-state index is 0.00940. The molecule has 6 nitrogen and oxygen atoms in total. The number of fused-ring (bicyclic) bond motifs is 1. The summed E-state index contributed by atoms with van der Waals surface area (Å²) in [5.41, 5.74) is 4.63. The molecule has 6 heteroatoms. The smallest absolute Gasteiger partial charge is 0.225 e. The van der Waals surface area contributed by atoms with E-state index in [1.165, 1.54) is 11.3 Å². The highest BCUT2D eigenvalue weighted by Crippen LogP contribution is 2.36. The van der Waals surface area contributed by atoms with Crippen molar-refractivity contribution >= 4 is 5.91 Å². The molecule has 1 unspecified atom stereocenters. The van der Waals surface area contributed by atoms with Crippen molar-refractivity contribution in [2.45, 2.75) is 58.7 Å². The molecule has 0 bridgehead atoms. The summed E-state index contributed by atoms with van der Waals surface area (Å²) in [6.07, 6.45) is 7.74. The van der Waals surface area contributed by atoms with E-state index in [-0.39, 0.29) is 17.9 Å². The number of hydrogen-bond donors (Lipinski definition) is 0. The lowest BCUT2D eigenvalue weighted by Crippen LogP contribution is -2.41. The molecule has 2 aromatic heterocycles. The van der Waals surface area contributed by atoms with Crippen LogP contribution in [0.25, 0.3) is 0 Å². The number of aromatic nitrogens is 3. The summed E-state index contributed by atoms with van der Waals surface area (Å²) in [5.74, 6) is 0.238. The molecule has 144 valence electrons. The average molecular weight is 368 g/mol. The summed E-state index contributed by atoms with van der Waals surface area (Å²) < 4.78 is 7.87. The Bertz CT molecular complexity index is 800. The Balaban J connectivity index is 1.70. The average Bonchev–Trinajstić information content (AvgIpc) is 3.06. The van der Waals surface area contributed by atoms with Crippen LogP contribution in [0.15, 0.2) is 24.5 Å². The molecule has 0 aromatic carbocycles. The maximum Gasteiger partial charge on any atom is 0.225 e. The van der Waals surface area contributed by atoms with Crippen molar-refractivity contribution in [1.82, 2.24) is 19.7 Å². The number of likely N-dealkylation sites (tertiary alicyclic amines) is 1. The van der Waals surface area contributed by atoms with Crippen LogP contribution < -0.4 is 0 Å². The predicted molar refractivity (Wildman–Crippen MR) is 102 cm³/mol.